The maximum Gasteiger partial charge on any atom is 0.240 e. The topological polar surface area (TPSA) is 43.8 Å². The molecule has 0 aromatic carbocycles. The molecule has 0 spiro atoms. The molecule has 18 heavy (non-hydrogen) atoms. The first-order chi connectivity index (χ1) is 8.18. The van der Waals surface area contributed by atoms with E-state index in [0.29, 0.717) is 6.42 Å². The molecule has 0 bridgehead atoms. The Hall–Kier alpha value is -0.610. The van der Waals surface area contributed by atoms with Crippen LogP contribution in [0.15, 0.2) is 0 Å². The standard InChI is InChI=1S/C14H30N2O2/c1-10(2)16(11(3)4)14(18)13(6)15(7)9-8-12(5)17/h10-13,17H,8-9H2,1-7H3. The number of hydrogen-bond donors (Lipinski definition) is 1. The Bertz CT molecular complexity index is 244. The minimum atomic E-state index is -0.318. The van der Waals surface area contributed by atoms with E-state index in [-0.39, 0.29) is 30.1 Å². The van der Waals surface area contributed by atoms with Gasteiger partial charge in [-0.05, 0) is 55.0 Å². The summed E-state index contributed by atoms with van der Waals surface area (Å²) in [4.78, 5) is 16.4. The zero-order chi connectivity index (χ0) is 14.5. The Balaban J connectivity index is 4.55. The first kappa shape index (κ1) is 17.4. The Morgan fingerprint density at radius 2 is 1.50 bits per heavy atom. The Morgan fingerprint density at radius 3 is 1.83 bits per heavy atom. The second-order valence-corrected chi connectivity index (χ2v) is 5.73. The minimum absolute atomic E-state index is 0.145. The number of rotatable bonds is 7. The third kappa shape index (κ3) is 5.36. The first-order valence-electron chi connectivity index (χ1n) is 6.88. The summed E-state index contributed by atoms with van der Waals surface area (Å²) in [5.41, 5.74) is 0. The van der Waals surface area contributed by atoms with E-state index in [0.717, 1.165) is 6.54 Å². The number of carbonyl (C=O) groups is 1. The van der Waals surface area contributed by atoms with Crippen molar-refractivity contribution in [2.45, 2.75) is 72.2 Å². The van der Waals surface area contributed by atoms with E-state index in [4.69, 9.17) is 0 Å². The molecule has 0 saturated heterocycles. The summed E-state index contributed by atoms with van der Waals surface area (Å²) in [5, 5.41) is 9.29. The van der Waals surface area contributed by atoms with Crippen molar-refractivity contribution < 1.29 is 9.90 Å². The molecule has 0 aromatic heterocycles. The fraction of sp³-hybridized carbons (Fsp3) is 0.929. The molecule has 0 aliphatic carbocycles. The van der Waals surface area contributed by atoms with Crippen LogP contribution in [-0.2, 0) is 4.79 Å². The fourth-order valence-electron chi connectivity index (χ4n) is 2.09. The van der Waals surface area contributed by atoms with Crippen LogP contribution in [0, 0.1) is 0 Å². The Morgan fingerprint density at radius 1 is 1.06 bits per heavy atom. The van der Waals surface area contributed by atoms with Crippen LogP contribution in [0.1, 0.15) is 48.0 Å². The van der Waals surface area contributed by atoms with E-state index >= 15 is 0 Å². The predicted molar refractivity (Wildman–Crippen MR) is 75.5 cm³/mol. The quantitative estimate of drug-likeness (QED) is 0.756. The van der Waals surface area contributed by atoms with Crippen molar-refractivity contribution in [3.63, 3.8) is 0 Å². The molecule has 0 aliphatic rings. The van der Waals surface area contributed by atoms with Gasteiger partial charge in [-0.15, -0.1) is 0 Å². The highest BCUT2D eigenvalue weighted by atomic mass is 16.3. The lowest BCUT2D eigenvalue weighted by molar-refractivity contribution is -0.139. The maximum atomic E-state index is 12.4. The summed E-state index contributed by atoms with van der Waals surface area (Å²) in [7, 11) is 1.93. The number of likely N-dealkylation sites (N-methyl/N-ethyl adjacent to an activating group) is 1. The van der Waals surface area contributed by atoms with E-state index in [1.54, 1.807) is 6.92 Å². The summed E-state index contributed by atoms with van der Waals surface area (Å²) < 4.78 is 0. The molecule has 0 fully saturated rings. The van der Waals surface area contributed by atoms with Crippen molar-refractivity contribution in [1.29, 1.82) is 0 Å². The summed E-state index contributed by atoms with van der Waals surface area (Å²) in [6, 6.07) is 0.281. The van der Waals surface area contributed by atoms with Gasteiger partial charge in [-0.2, -0.15) is 0 Å². The number of aliphatic hydroxyl groups is 1. The third-order valence-electron chi connectivity index (χ3n) is 3.29. The van der Waals surface area contributed by atoms with Crippen molar-refractivity contribution in [1.82, 2.24) is 9.80 Å². The van der Waals surface area contributed by atoms with Gasteiger partial charge >= 0.3 is 0 Å². The molecule has 0 aliphatic heterocycles. The van der Waals surface area contributed by atoms with Crippen LogP contribution in [0.3, 0.4) is 0 Å². The van der Waals surface area contributed by atoms with Crippen LogP contribution in [-0.4, -0.2) is 58.6 Å². The van der Waals surface area contributed by atoms with E-state index in [1.807, 2.05) is 51.5 Å². The van der Waals surface area contributed by atoms with Crippen LogP contribution >= 0.6 is 0 Å². The van der Waals surface area contributed by atoms with E-state index in [2.05, 4.69) is 0 Å². The summed E-state index contributed by atoms with van der Waals surface area (Å²) >= 11 is 0. The number of aliphatic hydroxyl groups excluding tert-OH is 1. The highest BCUT2D eigenvalue weighted by Gasteiger charge is 2.27. The third-order valence-corrected chi connectivity index (χ3v) is 3.29. The molecule has 1 N–H and O–H groups in total. The molecule has 0 aromatic rings. The normalized spacial score (nSPS) is 15.3. The minimum Gasteiger partial charge on any atom is -0.393 e. The molecular formula is C14H30N2O2. The van der Waals surface area contributed by atoms with Gasteiger partial charge < -0.3 is 10.0 Å². The first-order valence-corrected chi connectivity index (χ1v) is 6.88. The van der Waals surface area contributed by atoms with Gasteiger partial charge in [0.2, 0.25) is 5.91 Å². The largest absolute Gasteiger partial charge is 0.393 e. The highest BCUT2D eigenvalue weighted by molar-refractivity contribution is 5.82. The molecule has 2 unspecified atom stereocenters. The van der Waals surface area contributed by atoms with Crippen LogP contribution in [0.25, 0.3) is 0 Å². The van der Waals surface area contributed by atoms with Crippen LogP contribution in [0.4, 0.5) is 0 Å². The van der Waals surface area contributed by atoms with Crippen LogP contribution in [0.5, 0.6) is 0 Å². The molecule has 4 nitrogen and oxygen atoms in total. The van der Waals surface area contributed by atoms with Crippen molar-refractivity contribution in [2.75, 3.05) is 13.6 Å². The zero-order valence-corrected chi connectivity index (χ0v) is 13.0. The number of nitrogens with zero attached hydrogens (tertiary/aromatic N) is 2. The molecule has 4 heteroatoms. The summed E-state index contributed by atoms with van der Waals surface area (Å²) in [5.74, 6) is 0.160. The van der Waals surface area contributed by atoms with Gasteiger partial charge in [0.1, 0.15) is 0 Å². The Labute approximate surface area is 112 Å². The SMILES string of the molecule is CC(O)CCN(C)C(C)C(=O)N(C(C)C)C(C)C. The molecule has 108 valence electrons. The predicted octanol–water partition coefficient (Wildman–Crippen LogP) is 1.72. The lowest BCUT2D eigenvalue weighted by Crippen LogP contribution is -2.51. The number of amides is 1. The molecule has 0 radical (unpaired) electrons. The van der Waals surface area contributed by atoms with Gasteiger partial charge in [-0.1, -0.05) is 0 Å². The summed E-state index contributed by atoms with van der Waals surface area (Å²) in [6.45, 7) is 12.6. The van der Waals surface area contributed by atoms with Crippen LogP contribution < -0.4 is 0 Å². The molecule has 2 atom stereocenters. The zero-order valence-electron chi connectivity index (χ0n) is 13.0. The number of hydrogen-bond acceptors (Lipinski definition) is 3. The number of carbonyl (C=O) groups excluding carboxylic acids is 1. The lowest BCUT2D eigenvalue weighted by atomic mass is 10.1. The van der Waals surface area contributed by atoms with Gasteiger partial charge in [0.25, 0.3) is 0 Å². The maximum absolute atomic E-state index is 12.4. The lowest BCUT2D eigenvalue weighted by Gasteiger charge is -2.36. The molecular weight excluding hydrogens is 228 g/mol. The van der Waals surface area contributed by atoms with Gasteiger partial charge in [-0.25, -0.2) is 0 Å². The second kappa shape index (κ2) is 7.74. The van der Waals surface area contributed by atoms with Crippen molar-refractivity contribution in [3.05, 3.63) is 0 Å². The van der Waals surface area contributed by atoms with E-state index in [9.17, 15) is 9.90 Å². The van der Waals surface area contributed by atoms with Gasteiger partial charge in [-0.3, -0.25) is 9.69 Å². The monoisotopic (exact) mass is 258 g/mol. The van der Waals surface area contributed by atoms with Crippen molar-refractivity contribution in [3.8, 4) is 0 Å². The molecule has 0 saturated carbocycles. The average Bonchev–Trinajstić information content (AvgIpc) is 2.23. The smallest absolute Gasteiger partial charge is 0.240 e. The Kier molecular flexibility index (Phi) is 7.48. The molecule has 0 heterocycles. The fourth-order valence-corrected chi connectivity index (χ4v) is 2.09. The second-order valence-electron chi connectivity index (χ2n) is 5.73. The van der Waals surface area contributed by atoms with Gasteiger partial charge in [0.05, 0.1) is 12.1 Å². The van der Waals surface area contributed by atoms with Gasteiger partial charge in [0, 0.05) is 18.6 Å². The van der Waals surface area contributed by atoms with Crippen LogP contribution in [0.2, 0.25) is 0 Å². The van der Waals surface area contributed by atoms with Crippen molar-refractivity contribution >= 4 is 5.91 Å². The summed E-state index contributed by atoms with van der Waals surface area (Å²) in [6.07, 6.45) is 0.373. The molecule has 0 rings (SSSR count). The van der Waals surface area contributed by atoms with E-state index < -0.39 is 0 Å². The van der Waals surface area contributed by atoms with Gasteiger partial charge in [0.15, 0.2) is 0 Å². The highest BCUT2D eigenvalue weighted by Crippen LogP contribution is 2.11. The van der Waals surface area contributed by atoms with Crippen molar-refractivity contribution in [2.24, 2.45) is 0 Å². The molecule has 1 amide bonds. The average molecular weight is 258 g/mol. The van der Waals surface area contributed by atoms with E-state index in [1.165, 1.54) is 0 Å².